The van der Waals surface area contributed by atoms with Crippen LogP contribution in [0.15, 0.2) is 26.0 Å². The normalized spacial score (nSPS) is 10.6. The van der Waals surface area contributed by atoms with Gasteiger partial charge in [-0.3, -0.25) is 19.6 Å². The number of nitro groups is 1. The molecule has 94 valence electrons. The summed E-state index contributed by atoms with van der Waals surface area (Å²) in [7, 11) is 0. The zero-order chi connectivity index (χ0) is 13.3. The van der Waals surface area contributed by atoms with Crippen molar-refractivity contribution in [2.45, 2.75) is 6.54 Å². The van der Waals surface area contributed by atoms with Crippen LogP contribution in [0.25, 0.3) is 0 Å². The van der Waals surface area contributed by atoms with E-state index in [-0.39, 0.29) is 18.0 Å². The van der Waals surface area contributed by atoms with Crippen LogP contribution in [0.5, 0.6) is 0 Å². The Labute approximate surface area is 122 Å². The highest BCUT2D eigenvalue weighted by Gasteiger charge is 2.16. The van der Waals surface area contributed by atoms with Gasteiger partial charge >= 0.3 is 5.69 Å². The Hall–Kier alpha value is -1.06. The van der Waals surface area contributed by atoms with Gasteiger partial charge < -0.3 is 0 Å². The average molecular weight is 395 g/mol. The lowest BCUT2D eigenvalue weighted by Crippen LogP contribution is -2.10. The summed E-state index contributed by atoms with van der Waals surface area (Å²) in [6.07, 6.45) is 2.35. The number of rotatable bonds is 4. The Kier molecular flexibility index (Phi) is 3.93. The van der Waals surface area contributed by atoms with Gasteiger partial charge in [0.2, 0.25) is 0 Å². The molecule has 0 fully saturated rings. The number of ketones is 1. The second-order valence-electron chi connectivity index (χ2n) is 3.31. The predicted octanol–water partition coefficient (Wildman–Crippen LogP) is 3.26. The van der Waals surface area contributed by atoms with Gasteiger partial charge in [0, 0.05) is 5.56 Å². The molecule has 0 unspecified atom stereocenters. The van der Waals surface area contributed by atoms with E-state index in [4.69, 9.17) is 0 Å². The summed E-state index contributed by atoms with van der Waals surface area (Å²) >= 11 is 7.97. The van der Waals surface area contributed by atoms with Gasteiger partial charge in [0.15, 0.2) is 5.78 Å². The molecule has 0 atom stereocenters. The number of carbonyl (C=O) groups is 1. The summed E-state index contributed by atoms with van der Waals surface area (Å²) in [6, 6.07) is 1.70. The van der Waals surface area contributed by atoms with Crippen molar-refractivity contribution in [3.63, 3.8) is 0 Å². The van der Waals surface area contributed by atoms with Gasteiger partial charge in [-0.15, -0.1) is 11.3 Å². The van der Waals surface area contributed by atoms with Crippen LogP contribution in [0.2, 0.25) is 0 Å². The molecule has 0 aliphatic heterocycles. The largest absolute Gasteiger partial charge is 0.307 e. The Morgan fingerprint density at radius 2 is 2.28 bits per heavy atom. The maximum atomic E-state index is 12.0. The van der Waals surface area contributed by atoms with Crippen LogP contribution in [-0.2, 0) is 6.54 Å². The fourth-order valence-electron chi connectivity index (χ4n) is 1.30. The summed E-state index contributed by atoms with van der Waals surface area (Å²) in [4.78, 5) is 21.9. The van der Waals surface area contributed by atoms with Crippen LogP contribution in [-0.4, -0.2) is 20.5 Å². The third kappa shape index (κ3) is 2.85. The first kappa shape index (κ1) is 13.4. The van der Waals surface area contributed by atoms with Crippen LogP contribution in [0.1, 0.15) is 10.4 Å². The van der Waals surface area contributed by atoms with Gasteiger partial charge in [-0.05, 0) is 37.9 Å². The maximum Gasteiger partial charge on any atom is 0.307 e. The fourth-order valence-corrected chi connectivity index (χ4v) is 4.15. The van der Waals surface area contributed by atoms with Crippen molar-refractivity contribution in [3.05, 3.63) is 41.7 Å². The fraction of sp³-hybridized carbons (Fsp3) is 0.111. The van der Waals surface area contributed by atoms with Crippen molar-refractivity contribution < 1.29 is 9.72 Å². The lowest BCUT2D eigenvalue weighted by molar-refractivity contribution is -0.385. The number of nitrogens with zero attached hydrogens (tertiary/aromatic N) is 3. The SMILES string of the molecule is O=C(Cn1cc([N+](=O)[O-])cn1)c1cc(Br)sc1Br. The number of hydrogen-bond acceptors (Lipinski definition) is 5. The Morgan fingerprint density at radius 3 is 2.78 bits per heavy atom. The molecule has 0 bridgehead atoms. The molecule has 6 nitrogen and oxygen atoms in total. The molecule has 2 heterocycles. The molecule has 0 radical (unpaired) electrons. The molecule has 2 rings (SSSR count). The van der Waals surface area contributed by atoms with Crippen LogP contribution in [0, 0.1) is 10.1 Å². The first-order valence-electron chi connectivity index (χ1n) is 4.62. The molecule has 0 spiro atoms. The molecular formula is C9H5Br2N3O3S. The Bertz CT molecular complexity index is 622. The minimum absolute atomic E-state index is 0.0321. The standard InChI is InChI=1S/C9H5Br2N3O3S/c10-8-1-6(9(11)18-8)7(15)4-13-3-5(2-12-13)14(16)17/h1-3H,4H2. The van der Waals surface area contributed by atoms with Crippen molar-refractivity contribution in [2.75, 3.05) is 0 Å². The van der Waals surface area contributed by atoms with E-state index in [1.165, 1.54) is 22.2 Å². The molecule has 0 saturated heterocycles. The quantitative estimate of drug-likeness (QED) is 0.453. The number of Topliss-reactive ketones (excluding diaryl/α,β-unsaturated/α-hetero) is 1. The van der Waals surface area contributed by atoms with E-state index in [9.17, 15) is 14.9 Å². The third-order valence-electron chi connectivity index (χ3n) is 2.09. The van der Waals surface area contributed by atoms with Crippen LogP contribution >= 0.6 is 43.2 Å². The second kappa shape index (κ2) is 5.29. The minimum atomic E-state index is -0.551. The van der Waals surface area contributed by atoms with Crippen LogP contribution < -0.4 is 0 Å². The molecule has 0 saturated carbocycles. The molecule has 18 heavy (non-hydrogen) atoms. The monoisotopic (exact) mass is 393 g/mol. The lowest BCUT2D eigenvalue weighted by atomic mass is 10.2. The van der Waals surface area contributed by atoms with Crippen molar-refractivity contribution in [1.29, 1.82) is 0 Å². The molecule has 2 aromatic heterocycles. The zero-order valence-corrected chi connectivity index (χ0v) is 12.7. The van der Waals surface area contributed by atoms with E-state index in [0.29, 0.717) is 5.56 Å². The smallest absolute Gasteiger partial charge is 0.292 e. The summed E-state index contributed by atoms with van der Waals surface area (Å²) < 4.78 is 2.81. The lowest BCUT2D eigenvalue weighted by Gasteiger charge is -1.98. The van der Waals surface area contributed by atoms with E-state index in [1.807, 2.05) is 0 Å². The zero-order valence-electron chi connectivity index (χ0n) is 8.67. The van der Waals surface area contributed by atoms with E-state index < -0.39 is 4.92 Å². The van der Waals surface area contributed by atoms with Crippen molar-refractivity contribution in [2.24, 2.45) is 0 Å². The Morgan fingerprint density at radius 1 is 1.56 bits per heavy atom. The molecule has 0 aliphatic rings. The van der Waals surface area contributed by atoms with Crippen LogP contribution in [0.3, 0.4) is 0 Å². The average Bonchev–Trinajstić information content (AvgIpc) is 2.85. The number of carbonyl (C=O) groups excluding carboxylic acids is 1. The highest BCUT2D eigenvalue weighted by molar-refractivity contribution is 9.12. The highest BCUT2D eigenvalue weighted by atomic mass is 79.9. The number of halogens is 2. The summed E-state index contributed by atoms with van der Waals surface area (Å²) in [5, 5.41) is 14.3. The summed E-state index contributed by atoms with van der Waals surface area (Å²) in [6.45, 7) is -0.0321. The molecule has 9 heteroatoms. The van der Waals surface area contributed by atoms with Gasteiger partial charge in [-0.2, -0.15) is 5.10 Å². The van der Waals surface area contributed by atoms with E-state index in [0.717, 1.165) is 13.8 Å². The second-order valence-corrected chi connectivity index (χ2v) is 7.06. The molecule has 0 aromatic carbocycles. The van der Waals surface area contributed by atoms with Gasteiger partial charge in [-0.25, -0.2) is 0 Å². The first-order valence-corrected chi connectivity index (χ1v) is 7.02. The number of thiophene rings is 1. The van der Waals surface area contributed by atoms with Crippen LogP contribution in [0.4, 0.5) is 5.69 Å². The Balaban J connectivity index is 2.16. The van der Waals surface area contributed by atoms with E-state index in [1.54, 1.807) is 6.07 Å². The highest BCUT2D eigenvalue weighted by Crippen LogP contribution is 2.32. The molecule has 0 amide bonds. The van der Waals surface area contributed by atoms with E-state index in [2.05, 4.69) is 37.0 Å². The van der Waals surface area contributed by atoms with Gasteiger partial charge in [0.25, 0.3) is 0 Å². The van der Waals surface area contributed by atoms with Crippen molar-refractivity contribution in [3.8, 4) is 0 Å². The topological polar surface area (TPSA) is 78.0 Å². The minimum Gasteiger partial charge on any atom is -0.292 e. The van der Waals surface area contributed by atoms with Crippen molar-refractivity contribution in [1.82, 2.24) is 9.78 Å². The first-order chi connectivity index (χ1) is 8.47. The number of aromatic nitrogens is 2. The van der Waals surface area contributed by atoms with Gasteiger partial charge in [-0.1, -0.05) is 0 Å². The van der Waals surface area contributed by atoms with Gasteiger partial charge in [0.05, 0.1) is 12.5 Å². The molecule has 0 aliphatic carbocycles. The van der Waals surface area contributed by atoms with Gasteiger partial charge in [0.1, 0.15) is 18.9 Å². The third-order valence-corrected chi connectivity index (χ3v) is 4.43. The van der Waals surface area contributed by atoms with Crippen molar-refractivity contribution >= 4 is 54.7 Å². The maximum absolute atomic E-state index is 12.0. The summed E-state index contributed by atoms with van der Waals surface area (Å²) in [5.74, 6) is -0.165. The van der Waals surface area contributed by atoms with E-state index >= 15 is 0 Å². The molecule has 2 aromatic rings. The molecular weight excluding hydrogens is 390 g/mol. The predicted molar refractivity (Wildman–Crippen MR) is 72.9 cm³/mol. The molecule has 0 N–H and O–H groups in total. The summed E-state index contributed by atoms with van der Waals surface area (Å²) in [5.41, 5.74) is 0.401. The number of hydrogen-bond donors (Lipinski definition) is 0.